The molecule has 38 heavy (non-hydrogen) atoms. The Morgan fingerprint density at radius 2 is 1.34 bits per heavy atom. The molecule has 1 unspecified atom stereocenters. The standard InChI is InChI=1S/C33H57N3O2/c1-4-5-6-7-8-9-10-11-12-13-14-15-16-17-18-23-33(38)36(28-21-26-34)27-20-19-22-31(29-35)24-25-32(37)30(2)3/h11-12,30-31H,4-10,13-25,27-28H2,1-3H3/b12-11-. The van der Waals surface area contributed by atoms with Crippen molar-refractivity contribution in [1.82, 2.24) is 4.90 Å². The summed E-state index contributed by atoms with van der Waals surface area (Å²) in [5, 5.41) is 18.4. The number of carbonyl (C=O) groups is 2. The van der Waals surface area contributed by atoms with Crippen molar-refractivity contribution < 1.29 is 9.59 Å². The molecule has 0 heterocycles. The van der Waals surface area contributed by atoms with E-state index in [0.717, 1.165) is 38.5 Å². The van der Waals surface area contributed by atoms with Crippen LogP contribution in [0.15, 0.2) is 12.2 Å². The first-order valence-electron chi connectivity index (χ1n) is 15.7. The predicted molar refractivity (Wildman–Crippen MR) is 158 cm³/mol. The smallest absolute Gasteiger partial charge is 0.222 e. The van der Waals surface area contributed by atoms with Crippen LogP contribution in [0.2, 0.25) is 0 Å². The van der Waals surface area contributed by atoms with E-state index in [2.05, 4.69) is 31.2 Å². The topological polar surface area (TPSA) is 85.0 Å². The van der Waals surface area contributed by atoms with Crippen molar-refractivity contribution in [3.63, 3.8) is 0 Å². The van der Waals surface area contributed by atoms with E-state index in [1.165, 1.54) is 64.2 Å². The normalized spacial score (nSPS) is 11.9. The Morgan fingerprint density at radius 3 is 1.92 bits per heavy atom. The molecule has 216 valence electrons. The number of nitriles is 2. The fourth-order valence-corrected chi connectivity index (χ4v) is 4.62. The summed E-state index contributed by atoms with van der Waals surface area (Å²) in [6.07, 6.45) is 25.3. The highest BCUT2D eigenvalue weighted by Crippen LogP contribution is 2.17. The molecule has 0 saturated heterocycles. The maximum absolute atomic E-state index is 12.7. The van der Waals surface area contributed by atoms with Crippen LogP contribution in [0.5, 0.6) is 0 Å². The van der Waals surface area contributed by atoms with Gasteiger partial charge in [-0.25, -0.2) is 0 Å². The van der Waals surface area contributed by atoms with E-state index in [-0.39, 0.29) is 23.5 Å². The predicted octanol–water partition coefficient (Wildman–Crippen LogP) is 9.08. The lowest BCUT2D eigenvalue weighted by molar-refractivity contribution is -0.131. The van der Waals surface area contributed by atoms with E-state index >= 15 is 0 Å². The molecule has 0 aliphatic carbocycles. The maximum atomic E-state index is 12.7. The molecule has 0 aromatic carbocycles. The van der Waals surface area contributed by atoms with Crippen molar-refractivity contribution >= 4 is 11.7 Å². The van der Waals surface area contributed by atoms with E-state index in [4.69, 9.17) is 5.26 Å². The summed E-state index contributed by atoms with van der Waals surface area (Å²) >= 11 is 0. The Balaban J connectivity index is 3.97. The third kappa shape index (κ3) is 21.9. The van der Waals surface area contributed by atoms with Crippen molar-refractivity contribution in [2.24, 2.45) is 11.8 Å². The molecule has 1 atom stereocenters. The lowest BCUT2D eigenvalue weighted by atomic mass is 9.94. The number of Topliss-reactive ketones (excluding diaryl/α,β-unsaturated/α-hetero) is 1. The van der Waals surface area contributed by atoms with Crippen LogP contribution in [-0.2, 0) is 9.59 Å². The minimum atomic E-state index is -0.100. The van der Waals surface area contributed by atoms with Crippen molar-refractivity contribution in [2.75, 3.05) is 13.1 Å². The average molecular weight is 528 g/mol. The summed E-state index contributed by atoms with van der Waals surface area (Å²) in [6.45, 7) is 7.19. The monoisotopic (exact) mass is 527 g/mol. The molecular formula is C33H57N3O2. The van der Waals surface area contributed by atoms with Gasteiger partial charge in [0.15, 0.2) is 0 Å². The molecule has 0 aromatic rings. The van der Waals surface area contributed by atoms with Gasteiger partial charge in [-0.05, 0) is 51.4 Å². The Hall–Kier alpha value is -2.14. The molecule has 0 spiro atoms. The highest BCUT2D eigenvalue weighted by Gasteiger charge is 2.15. The lowest BCUT2D eigenvalue weighted by Crippen LogP contribution is -2.32. The third-order valence-corrected chi connectivity index (χ3v) is 7.30. The maximum Gasteiger partial charge on any atom is 0.222 e. The first-order valence-corrected chi connectivity index (χ1v) is 15.7. The number of hydrogen-bond donors (Lipinski definition) is 0. The van der Waals surface area contributed by atoms with Crippen LogP contribution in [0.4, 0.5) is 0 Å². The van der Waals surface area contributed by atoms with E-state index in [0.29, 0.717) is 38.8 Å². The van der Waals surface area contributed by atoms with Crippen molar-refractivity contribution in [1.29, 1.82) is 10.5 Å². The van der Waals surface area contributed by atoms with Crippen LogP contribution in [0, 0.1) is 34.5 Å². The van der Waals surface area contributed by atoms with Crippen molar-refractivity contribution in [2.45, 2.75) is 149 Å². The largest absolute Gasteiger partial charge is 0.342 e. The van der Waals surface area contributed by atoms with Crippen LogP contribution in [0.25, 0.3) is 0 Å². The SMILES string of the molecule is CCCCCCCC/C=C\CCCCCCCC(=O)N(CCC#N)CCCCC(C#N)CCC(=O)C(C)C. The summed E-state index contributed by atoms with van der Waals surface area (Å²) in [6, 6.07) is 4.49. The first kappa shape index (κ1) is 35.9. The number of rotatable bonds is 26. The second-order valence-corrected chi connectivity index (χ2v) is 11.1. The van der Waals surface area contributed by atoms with Gasteiger partial charge < -0.3 is 4.90 Å². The number of allylic oxidation sites excluding steroid dienone is 2. The summed E-state index contributed by atoms with van der Waals surface area (Å²) in [5.41, 5.74) is 0. The Bertz CT molecular complexity index is 702. The summed E-state index contributed by atoms with van der Waals surface area (Å²) < 4.78 is 0. The highest BCUT2D eigenvalue weighted by atomic mass is 16.2. The Kier molecular flexibility index (Phi) is 25.0. The summed E-state index contributed by atoms with van der Waals surface area (Å²) in [7, 11) is 0. The van der Waals surface area contributed by atoms with Crippen LogP contribution >= 0.6 is 0 Å². The number of amides is 1. The second kappa shape index (κ2) is 26.5. The van der Waals surface area contributed by atoms with Crippen LogP contribution < -0.4 is 0 Å². The molecule has 0 aliphatic heterocycles. The van der Waals surface area contributed by atoms with Crippen molar-refractivity contribution in [3.05, 3.63) is 12.2 Å². The van der Waals surface area contributed by atoms with Gasteiger partial charge in [-0.1, -0.05) is 90.7 Å². The molecule has 0 aliphatic rings. The van der Waals surface area contributed by atoms with Gasteiger partial charge in [-0.2, -0.15) is 10.5 Å². The molecule has 0 aromatic heterocycles. The first-order chi connectivity index (χ1) is 18.5. The van der Waals surface area contributed by atoms with Gasteiger partial charge in [0, 0.05) is 37.8 Å². The zero-order valence-electron chi connectivity index (χ0n) is 25.0. The molecule has 0 saturated carbocycles. The fourth-order valence-electron chi connectivity index (χ4n) is 4.62. The fraction of sp³-hybridized carbons (Fsp3) is 0.818. The lowest BCUT2D eigenvalue weighted by Gasteiger charge is -2.22. The van der Waals surface area contributed by atoms with Crippen LogP contribution in [-0.4, -0.2) is 29.7 Å². The number of unbranched alkanes of at least 4 members (excludes halogenated alkanes) is 12. The van der Waals surface area contributed by atoms with Gasteiger partial charge in [-0.3, -0.25) is 9.59 Å². The molecule has 0 radical (unpaired) electrons. The van der Waals surface area contributed by atoms with Gasteiger partial charge in [0.1, 0.15) is 5.78 Å². The van der Waals surface area contributed by atoms with Gasteiger partial charge in [0.2, 0.25) is 5.91 Å². The molecular weight excluding hydrogens is 470 g/mol. The van der Waals surface area contributed by atoms with Crippen LogP contribution in [0.3, 0.4) is 0 Å². The van der Waals surface area contributed by atoms with Gasteiger partial charge in [0.05, 0.1) is 18.6 Å². The molecule has 0 N–H and O–H groups in total. The zero-order valence-corrected chi connectivity index (χ0v) is 25.0. The van der Waals surface area contributed by atoms with E-state index < -0.39 is 0 Å². The van der Waals surface area contributed by atoms with E-state index in [1.807, 2.05) is 18.7 Å². The molecule has 0 fully saturated rings. The Morgan fingerprint density at radius 1 is 0.737 bits per heavy atom. The Labute approximate surface area is 235 Å². The van der Waals surface area contributed by atoms with Gasteiger partial charge in [-0.15, -0.1) is 0 Å². The number of hydrogen-bond acceptors (Lipinski definition) is 4. The highest BCUT2D eigenvalue weighted by molar-refractivity contribution is 5.80. The van der Waals surface area contributed by atoms with Gasteiger partial charge >= 0.3 is 0 Å². The quantitative estimate of drug-likeness (QED) is 0.0829. The molecule has 5 nitrogen and oxygen atoms in total. The minimum Gasteiger partial charge on any atom is -0.342 e. The third-order valence-electron chi connectivity index (χ3n) is 7.30. The number of nitrogens with zero attached hydrogens (tertiary/aromatic N) is 3. The second-order valence-electron chi connectivity index (χ2n) is 11.1. The molecule has 1 amide bonds. The van der Waals surface area contributed by atoms with E-state index in [1.54, 1.807) is 0 Å². The minimum absolute atomic E-state index is 0.0238. The number of carbonyl (C=O) groups excluding carboxylic acids is 2. The molecule has 0 rings (SSSR count). The van der Waals surface area contributed by atoms with Crippen LogP contribution in [0.1, 0.15) is 149 Å². The number of ketones is 1. The zero-order chi connectivity index (χ0) is 28.3. The van der Waals surface area contributed by atoms with Gasteiger partial charge in [0.25, 0.3) is 0 Å². The average Bonchev–Trinajstić information content (AvgIpc) is 2.91. The summed E-state index contributed by atoms with van der Waals surface area (Å²) in [4.78, 5) is 26.4. The molecule has 0 bridgehead atoms. The summed E-state index contributed by atoms with van der Waals surface area (Å²) in [5.74, 6) is 0.291. The van der Waals surface area contributed by atoms with Crippen molar-refractivity contribution in [3.8, 4) is 12.1 Å². The van der Waals surface area contributed by atoms with E-state index in [9.17, 15) is 14.9 Å². The molecule has 5 heteroatoms.